The topological polar surface area (TPSA) is 100 Å². The lowest BCUT2D eigenvalue weighted by Gasteiger charge is -2.19. The number of hydrogen-bond acceptors (Lipinski definition) is 6. The number of ether oxygens (including phenoxy) is 2. The zero-order valence-corrected chi connectivity index (χ0v) is 13.8. The molecular formula is C17H20FN3O3. The van der Waals surface area contributed by atoms with Gasteiger partial charge in [-0.3, -0.25) is 4.79 Å². The summed E-state index contributed by atoms with van der Waals surface area (Å²) >= 11 is 0. The number of nitrogen functional groups attached to an aromatic ring is 2. The van der Waals surface area contributed by atoms with E-state index in [1.165, 1.54) is 24.4 Å². The van der Waals surface area contributed by atoms with E-state index in [2.05, 4.69) is 4.98 Å². The van der Waals surface area contributed by atoms with Gasteiger partial charge in [0, 0.05) is 18.3 Å². The number of benzene rings is 1. The Kier molecular flexibility index (Phi) is 4.92. The summed E-state index contributed by atoms with van der Waals surface area (Å²) in [5.74, 6) is -0.422. The smallest absolute Gasteiger partial charge is 0.310 e. The maximum Gasteiger partial charge on any atom is 0.310 e. The zero-order chi connectivity index (χ0) is 17.9. The minimum Gasteiger partial charge on any atom is -0.460 e. The predicted molar refractivity (Wildman–Crippen MR) is 89.1 cm³/mol. The Morgan fingerprint density at radius 1 is 1.25 bits per heavy atom. The highest BCUT2D eigenvalue weighted by Crippen LogP contribution is 2.30. The van der Waals surface area contributed by atoms with E-state index in [1.807, 2.05) is 0 Å². The zero-order valence-electron chi connectivity index (χ0n) is 13.8. The molecule has 0 fully saturated rings. The van der Waals surface area contributed by atoms with Crippen LogP contribution >= 0.6 is 0 Å². The van der Waals surface area contributed by atoms with Gasteiger partial charge in [-0.05, 0) is 32.4 Å². The number of nitrogens with two attached hydrogens (primary N) is 2. The van der Waals surface area contributed by atoms with E-state index in [-0.39, 0.29) is 35.0 Å². The highest BCUT2D eigenvalue weighted by molar-refractivity contribution is 5.73. The molecule has 4 N–H and O–H groups in total. The first kappa shape index (κ1) is 17.5. The van der Waals surface area contributed by atoms with E-state index < -0.39 is 17.4 Å². The van der Waals surface area contributed by atoms with E-state index in [1.54, 1.807) is 26.8 Å². The van der Waals surface area contributed by atoms with Gasteiger partial charge in [-0.1, -0.05) is 6.07 Å². The third-order valence-corrected chi connectivity index (χ3v) is 2.99. The molecule has 0 aliphatic carbocycles. The van der Waals surface area contributed by atoms with Crippen molar-refractivity contribution in [1.82, 2.24) is 4.98 Å². The Morgan fingerprint density at radius 2 is 1.96 bits per heavy atom. The van der Waals surface area contributed by atoms with Crippen LogP contribution in [0.2, 0.25) is 0 Å². The highest BCUT2D eigenvalue weighted by Gasteiger charge is 2.18. The number of rotatable bonds is 4. The van der Waals surface area contributed by atoms with Gasteiger partial charge >= 0.3 is 5.97 Å². The molecule has 0 aliphatic rings. The molecular weight excluding hydrogens is 313 g/mol. The number of esters is 1. The quantitative estimate of drug-likeness (QED) is 0.834. The molecule has 0 radical (unpaired) electrons. The Hall–Kier alpha value is -2.83. The summed E-state index contributed by atoms with van der Waals surface area (Å²) in [5.41, 5.74) is 11.1. The third-order valence-electron chi connectivity index (χ3n) is 2.99. The summed E-state index contributed by atoms with van der Waals surface area (Å²) in [7, 11) is 0. The van der Waals surface area contributed by atoms with E-state index in [0.717, 1.165) is 0 Å². The van der Waals surface area contributed by atoms with Crippen molar-refractivity contribution >= 4 is 17.5 Å². The molecule has 0 saturated heterocycles. The molecule has 24 heavy (non-hydrogen) atoms. The molecule has 0 amide bonds. The van der Waals surface area contributed by atoms with E-state index >= 15 is 0 Å². The van der Waals surface area contributed by atoms with Crippen molar-refractivity contribution in [3.05, 3.63) is 41.8 Å². The molecule has 2 rings (SSSR count). The summed E-state index contributed by atoms with van der Waals surface area (Å²) in [6.45, 7) is 5.26. The first-order chi connectivity index (χ1) is 11.2. The second-order valence-corrected chi connectivity index (χ2v) is 6.23. The molecule has 0 aliphatic heterocycles. The summed E-state index contributed by atoms with van der Waals surface area (Å²) in [4.78, 5) is 15.6. The number of nitrogens with zero attached hydrogens (tertiary/aromatic N) is 1. The number of hydrogen-bond donors (Lipinski definition) is 2. The standard InChI is InChI=1S/C17H20FN3O3/c1-17(2,3)24-14(22)8-10-4-5-11(9-12(10)18)23-13-6-7-21-16(20)15(13)19/h4-7,9H,8,19H2,1-3H3,(H2,20,21). The van der Waals surface area contributed by atoms with Crippen LogP contribution in [-0.2, 0) is 16.0 Å². The van der Waals surface area contributed by atoms with Crippen LogP contribution in [0.5, 0.6) is 11.5 Å². The monoisotopic (exact) mass is 333 g/mol. The van der Waals surface area contributed by atoms with Crippen molar-refractivity contribution in [2.45, 2.75) is 32.8 Å². The number of anilines is 2. The molecule has 0 unspecified atom stereocenters. The summed E-state index contributed by atoms with van der Waals surface area (Å²) in [6, 6.07) is 5.71. The van der Waals surface area contributed by atoms with Gasteiger partial charge in [0.2, 0.25) is 0 Å². The fraction of sp³-hybridized carbons (Fsp3) is 0.294. The van der Waals surface area contributed by atoms with Gasteiger partial charge in [0.25, 0.3) is 0 Å². The molecule has 7 heteroatoms. The Morgan fingerprint density at radius 3 is 2.58 bits per heavy atom. The van der Waals surface area contributed by atoms with E-state index in [9.17, 15) is 9.18 Å². The maximum atomic E-state index is 14.2. The van der Waals surface area contributed by atoms with Crippen LogP contribution in [0.3, 0.4) is 0 Å². The fourth-order valence-corrected chi connectivity index (χ4v) is 1.95. The summed E-state index contributed by atoms with van der Waals surface area (Å²) < 4.78 is 24.9. The van der Waals surface area contributed by atoms with Gasteiger partial charge in [0.05, 0.1) is 6.42 Å². The lowest BCUT2D eigenvalue weighted by molar-refractivity contribution is -0.153. The minimum absolute atomic E-state index is 0.134. The Labute approximate surface area is 139 Å². The van der Waals surface area contributed by atoms with Crippen molar-refractivity contribution in [2.75, 3.05) is 11.5 Å². The fourth-order valence-electron chi connectivity index (χ4n) is 1.95. The maximum absolute atomic E-state index is 14.2. The van der Waals surface area contributed by atoms with E-state index in [0.29, 0.717) is 0 Å². The molecule has 1 aromatic carbocycles. The molecule has 0 saturated carbocycles. The normalized spacial score (nSPS) is 11.2. The molecule has 0 atom stereocenters. The van der Waals surface area contributed by atoms with Crippen LogP contribution in [0.4, 0.5) is 15.9 Å². The molecule has 0 bridgehead atoms. The van der Waals surface area contributed by atoms with Gasteiger partial charge in [-0.25, -0.2) is 9.37 Å². The second kappa shape index (κ2) is 6.74. The first-order valence-electron chi connectivity index (χ1n) is 7.34. The van der Waals surface area contributed by atoms with E-state index in [4.69, 9.17) is 20.9 Å². The average molecular weight is 333 g/mol. The van der Waals surface area contributed by atoms with Crippen molar-refractivity contribution in [1.29, 1.82) is 0 Å². The first-order valence-corrected chi connectivity index (χ1v) is 7.34. The van der Waals surface area contributed by atoms with Crippen LogP contribution in [0.25, 0.3) is 0 Å². The van der Waals surface area contributed by atoms with Crippen molar-refractivity contribution < 1.29 is 18.7 Å². The SMILES string of the molecule is CC(C)(C)OC(=O)Cc1ccc(Oc2ccnc(N)c2N)cc1F. The molecule has 1 heterocycles. The molecule has 128 valence electrons. The second-order valence-electron chi connectivity index (χ2n) is 6.23. The minimum atomic E-state index is -0.616. The summed E-state index contributed by atoms with van der Waals surface area (Å²) in [5, 5.41) is 0. The average Bonchev–Trinajstić information content (AvgIpc) is 2.45. The lowest BCUT2D eigenvalue weighted by Crippen LogP contribution is -2.25. The molecule has 6 nitrogen and oxygen atoms in total. The molecule has 0 spiro atoms. The summed E-state index contributed by atoms with van der Waals surface area (Å²) in [6.07, 6.45) is 1.28. The van der Waals surface area contributed by atoms with Crippen LogP contribution in [0.1, 0.15) is 26.3 Å². The van der Waals surface area contributed by atoms with Crippen LogP contribution in [-0.4, -0.2) is 16.6 Å². The van der Waals surface area contributed by atoms with Gasteiger partial charge in [-0.15, -0.1) is 0 Å². The highest BCUT2D eigenvalue weighted by atomic mass is 19.1. The van der Waals surface area contributed by atoms with Crippen molar-refractivity contribution in [3.8, 4) is 11.5 Å². The lowest BCUT2D eigenvalue weighted by atomic mass is 10.1. The number of halogens is 1. The Balaban J connectivity index is 2.12. The third kappa shape index (κ3) is 4.58. The number of carbonyl (C=O) groups excluding carboxylic acids is 1. The van der Waals surface area contributed by atoms with Gasteiger partial charge in [0.1, 0.15) is 28.7 Å². The number of aromatic nitrogens is 1. The van der Waals surface area contributed by atoms with Crippen molar-refractivity contribution in [2.24, 2.45) is 0 Å². The number of carbonyl (C=O) groups is 1. The van der Waals surface area contributed by atoms with Crippen LogP contribution < -0.4 is 16.2 Å². The molecule has 1 aromatic heterocycles. The molecule has 2 aromatic rings. The van der Waals surface area contributed by atoms with Crippen LogP contribution in [0, 0.1) is 5.82 Å². The number of pyridine rings is 1. The van der Waals surface area contributed by atoms with Crippen LogP contribution in [0.15, 0.2) is 30.5 Å². The van der Waals surface area contributed by atoms with Gasteiger partial charge in [0.15, 0.2) is 5.75 Å². The van der Waals surface area contributed by atoms with Gasteiger partial charge in [-0.2, -0.15) is 0 Å². The Bertz CT molecular complexity index is 757. The predicted octanol–water partition coefficient (Wildman–Crippen LogP) is 3.06. The van der Waals surface area contributed by atoms with Gasteiger partial charge < -0.3 is 20.9 Å². The van der Waals surface area contributed by atoms with Crippen molar-refractivity contribution in [3.63, 3.8) is 0 Å². The largest absolute Gasteiger partial charge is 0.460 e.